The maximum Gasteiger partial charge on any atom is 0.261 e. The van der Waals surface area contributed by atoms with Gasteiger partial charge in [-0.3, -0.25) is 24.1 Å². The third-order valence-corrected chi connectivity index (χ3v) is 4.56. The molecular formula is C21H21N3O6. The van der Waals surface area contributed by atoms with Crippen molar-refractivity contribution in [1.29, 1.82) is 0 Å². The van der Waals surface area contributed by atoms with Gasteiger partial charge in [-0.1, -0.05) is 12.1 Å². The predicted octanol–water partition coefficient (Wildman–Crippen LogP) is 1.02. The van der Waals surface area contributed by atoms with Gasteiger partial charge in [-0.25, -0.2) is 0 Å². The van der Waals surface area contributed by atoms with Gasteiger partial charge in [-0.05, 0) is 30.7 Å². The van der Waals surface area contributed by atoms with E-state index in [0.29, 0.717) is 17.5 Å². The fraction of sp³-hybridized carbons (Fsp3) is 0.238. The Morgan fingerprint density at radius 3 is 2.03 bits per heavy atom. The molecule has 9 heteroatoms. The lowest BCUT2D eigenvalue weighted by Crippen LogP contribution is -2.35. The van der Waals surface area contributed by atoms with Crippen LogP contribution >= 0.6 is 0 Å². The van der Waals surface area contributed by atoms with Gasteiger partial charge in [0.05, 0.1) is 11.1 Å². The standard InChI is InChI=1S/C21H21N3O6/c25-14-10-13(11-15(26)12-14)19(28)23-8-7-22-18(27)6-3-9-24-20(29)16-4-1-2-5-17(16)21(24)30/h1-2,4-5,10-12,25-26H,3,6-9H2,(H,22,27)(H,23,28). The van der Waals surface area contributed by atoms with Crippen LogP contribution in [0, 0.1) is 0 Å². The van der Waals surface area contributed by atoms with E-state index in [2.05, 4.69) is 10.6 Å². The molecule has 0 fully saturated rings. The summed E-state index contributed by atoms with van der Waals surface area (Å²) in [6, 6.07) is 10.1. The van der Waals surface area contributed by atoms with Crippen LogP contribution in [0.15, 0.2) is 42.5 Å². The molecule has 3 rings (SSSR count). The number of hydrogen-bond donors (Lipinski definition) is 4. The van der Waals surface area contributed by atoms with E-state index in [1.165, 1.54) is 12.1 Å². The first kappa shape index (κ1) is 20.8. The number of fused-ring (bicyclic) bond motifs is 1. The summed E-state index contributed by atoms with van der Waals surface area (Å²) >= 11 is 0. The average molecular weight is 411 g/mol. The van der Waals surface area contributed by atoms with Crippen LogP contribution in [0.4, 0.5) is 0 Å². The van der Waals surface area contributed by atoms with Gasteiger partial charge in [0.15, 0.2) is 0 Å². The van der Waals surface area contributed by atoms with Crippen LogP contribution in [0.3, 0.4) is 0 Å². The monoisotopic (exact) mass is 411 g/mol. The van der Waals surface area contributed by atoms with E-state index in [4.69, 9.17) is 0 Å². The van der Waals surface area contributed by atoms with Crippen LogP contribution in [-0.2, 0) is 4.79 Å². The first-order valence-electron chi connectivity index (χ1n) is 9.40. The molecule has 2 aromatic rings. The minimum atomic E-state index is -0.499. The fourth-order valence-corrected chi connectivity index (χ4v) is 3.13. The largest absolute Gasteiger partial charge is 0.508 e. The molecule has 0 atom stereocenters. The number of hydrogen-bond acceptors (Lipinski definition) is 6. The lowest BCUT2D eigenvalue weighted by molar-refractivity contribution is -0.121. The summed E-state index contributed by atoms with van der Waals surface area (Å²) in [6.45, 7) is 0.485. The molecule has 156 valence electrons. The first-order chi connectivity index (χ1) is 14.4. The molecular weight excluding hydrogens is 390 g/mol. The molecule has 1 aliphatic heterocycles. The van der Waals surface area contributed by atoms with Crippen LogP contribution in [0.2, 0.25) is 0 Å². The van der Waals surface area contributed by atoms with Crippen LogP contribution in [0.25, 0.3) is 0 Å². The zero-order valence-electron chi connectivity index (χ0n) is 16.1. The summed E-state index contributed by atoms with van der Waals surface area (Å²) in [6.07, 6.45) is 0.452. The van der Waals surface area contributed by atoms with Crippen molar-refractivity contribution in [2.75, 3.05) is 19.6 Å². The summed E-state index contributed by atoms with van der Waals surface area (Å²) in [7, 11) is 0. The molecule has 0 aromatic heterocycles. The van der Waals surface area contributed by atoms with Crippen LogP contribution < -0.4 is 10.6 Å². The Hall–Kier alpha value is -3.88. The number of nitrogens with one attached hydrogen (secondary N) is 2. The fourth-order valence-electron chi connectivity index (χ4n) is 3.13. The molecule has 0 bridgehead atoms. The first-order valence-corrected chi connectivity index (χ1v) is 9.40. The number of nitrogens with zero attached hydrogens (tertiary/aromatic N) is 1. The van der Waals surface area contributed by atoms with Gasteiger partial charge in [0.1, 0.15) is 11.5 Å². The zero-order chi connectivity index (χ0) is 21.7. The number of imide groups is 1. The minimum Gasteiger partial charge on any atom is -0.508 e. The van der Waals surface area contributed by atoms with Crippen LogP contribution in [-0.4, -0.2) is 58.4 Å². The summed E-state index contributed by atoms with van der Waals surface area (Å²) in [5.74, 6) is -1.93. The normalized spacial score (nSPS) is 12.6. The van der Waals surface area contributed by atoms with Gasteiger partial charge in [0, 0.05) is 37.7 Å². The van der Waals surface area contributed by atoms with Gasteiger partial charge in [-0.15, -0.1) is 0 Å². The maximum atomic E-state index is 12.2. The second kappa shape index (κ2) is 9.08. The van der Waals surface area contributed by atoms with E-state index in [1.807, 2.05) is 0 Å². The van der Waals surface area contributed by atoms with Crippen LogP contribution in [0.5, 0.6) is 11.5 Å². The Morgan fingerprint density at radius 1 is 0.867 bits per heavy atom. The highest BCUT2D eigenvalue weighted by atomic mass is 16.3. The lowest BCUT2D eigenvalue weighted by Gasteiger charge is -2.13. The molecule has 0 radical (unpaired) electrons. The average Bonchev–Trinajstić information content (AvgIpc) is 2.95. The Balaban J connectivity index is 1.35. The summed E-state index contributed by atoms with van der Waals surface area (Å²) in [4.78, 5) is 49.5. The molecule has 0 saturated carbocycles. The van der Waals surface area contributed by atoms with Crippen molar-refractivity contribution < 1.29 is 29.4 Å². The van der Waals surface area contributed by atoms with E-state index < -0.39 is 5.91 Å². The van der Waals surface area contributed by atoms with Gasteiger partial charge >= 0.3 is 0 Å². The highest BCUT2D eigenvalue weighted by molar-refractivity contribution is 6.21. The quantitative estimate of drug-likeness (QED) is 0.378. The SMILES string of the molecule is O=C(CCCN1C(=O)c2ccccc2C1=O)NCCNC(=O)c1cc(O)cc(O)c1. The molecule has 1 aliphatic rings. The van der Waals surface area contributed by atoms with Crippen molar-refractivity contribution in [2.24, 2.45) is 0 Å². The number of phenolic OH excluding ortho intramolecular Hbond substituents is 2. The maximum absolute atomic E-state index is 12.2. The number of amides is 4. The molecule has 4 amide bonds. The molecule has 0 aliphatic carbocycles. The van der Waals surface area contributed by atoms with E-state index in [9.17, 15) is 29.4 Å². The summed E-state index contributed by atoms with van der Waals surface area (Å²) in [5.41, 5.74) is 0.852. The molecule has 0 unspecified atom stereocenters. The molecule has 2 aromatic carbocycles. The second-order valence-corrected chi connectivity index (χ2v) is 6.76. The topological polar surface area (TPSA) is 136 Å². The van der Waals surface area contributed by atoms with E-state index in [1.54, 1.807) is 24.3 Å². The van der Waals surface area contributed by atoms with Gasteiger partial charge in [-0.2, -0.15) is 0 Å². The Kier molecular flexibility index (Phi) is 6.31. The Labute approximate surface area is 172 Å². The molecule has 4 N–H and O–H groups in total. The van der Waals surface area contributed by atoms with Crippen molar-refractivity contribution in [3.8, 4) is 11.5 Å². The molecule has 1 heterocycles. The number of benzene rings is 2. The van der Waals surface area contributed by atoms with E-state index >= 15 is 0 Å². The van der Waals surface area contributed by atoms with Crippen molar-refractivity contribution in [2.45, 2.75) is 12.8 Å². The van der Waals surface area contributed by atoms with E-state index in [0.717, 1.165) is 11.0 Å². The van der Waals surface area contributed by atoms with Crippen molar-refractivity contribution in [1.82, 2.24) is 15.5 Å². The third kappa shape index (κ3) is 4.75. The molecule has 30 heavy (non-hydrogen) atoms. The minimum absolute atomic E-state index is 0.0970. The zero-order valence-corrected chi connectivity index (χ0v) is 16.1. The summed E-state index contributed by atoms with van der Waals surface area (Å²) in [5, 5.41) is 24.0. The highest BCUT2D eigenvalue weighted by Crippen LogP contribution is 2.22. The van der Waals surface area contributed by atoms with Gasteiger partial charge < -0.3 is 20.8 Å². The highest BCUT2D eigenvalue weighted by Gasteiger charge is 2.34. The van der Waals surface area contributed by atoms with Crippen molar-refractivity contribution in [3.05, 3.63) is 59.2 Å². The third-order valence-electron chi connectivity index (χ3n) is 4.56. The van der Waals surface area contributed by atoms with Crippen LogP contribution in [0.1, 0.15) is 43.9 Å². The second-order valence-electron chi connectivity index (χ2n) is 6.76. The van der Waals surface area contributed by atoms with E-state index in [-0.39, 0.29) is 60.8 Å². The van der Waals surface area contributed by atoms with Crippen molar-refractivity contribution >= 4 is 23.6 Å². The van der Waals surface area contributed by atoms with Crippen molar-refractivity contribution in [3.63, 3.8) is 0 Å². The Bertz CT molecular complexity index is 949. The molecule has 0 spiro atoms. The number of aromatic hydroxyl groups is 2. The number of phenols is 2. The molecule has 0 saturated heterocycles. The molecule has 9 nitrogen and oxygen atoms in total. The Morgan fingerprint density at radius 2 is 1.43 bits per heavy atom. The predicted molar refractivity (Wildman–Crippen MR) is 106 cm³/mol. The summed E-state index contributed by atoms with van der Waals surface area (Å²) < 4.78 is 0. The smallest absolute Gasteiger partial charge is 0.261 e. The lowest BCUT2D eigenvalue weighted by atomic mass is 10.1. The number of carbonyl (C=O) groups excluding carboxylic acids is 4. The van der Waals surface area contributed by atoms with Gasteiger partial charge in [0.2, 0.25) is 5.91 Å². The number of rotatable bonds is 8. The van der Waals surface area contributed by atoms with Gasteiger partial charge in [0.25, 0.3) is 17.7 Å². The number of carbonyl (C=O) groups is 4.